The Bertz CT molecular complexity index is 1250. The first kappa shape index (κ1) is 22.5. The van der Waals surface area contributed by atoms with E-state index >= 15 is 0 Å². The van der Waals surface area contributed by atoms with Gasteiger partial charge >= 0.3 is 11.9 Å². The number of hydrogen-bond donors (Lipinski definition) is 2. The summed E-state index contributed by atoms with van der Waals surface area (Å²) in [5.41, 5.74) is 2.25. The van der Waals surface area contributed by atoms with Crippen LogP contribution >= 0.6 is 0 Å². The number of hydrazine groups is 1. The summed E-state index contributed by atoms with van der Waals surface area (Å²) in [6.07, 6.45) is -3.63. The van der Waals surface area contributed by atoms with Crippen molar-refractivity contribution in [1.29, 1.82) is 0 Å². The van der Waals surface area contributed by atoms with Crippen molar-refractivity contribution < 1.29 is 18.1 Å². The minimum Gasteiger partial charge on any atom is -0.334 e. The summed E-state index contributed by atoms with van der Waals surface area (Å²) < 4.78 is 40.2. The third-order valence-electron chi connectivity index (χ3n) is 4.74. The molecular weight excluding hydrogens is 449 g/mol. The van der Waals surface area contributed by atoms with Crippen molar-refractivity contribution in [2.45, 2.75) is 6.18 Å². The zero-order valence-electron chi connectivity index (χ0n) is 17.4. The molecule has 0 saturated heterocycles. The van der Waals surface area contributed by atoms with Gasteiger partial charge in [0.1, 0.15) is 6.33 Å². The van der Waals surface area contributed by atoms with Crippen molar-refractivity contribution in [1.82, 2.24) is 9.97 Å². The zero-order valence-corrected chi connectivity index (χ0v) is 17.4. The van der Waals surface area contributed by atoms with Crippen LogP contribution in [0.25, 0.3) is 0 Å². The maximum absolute atomic E-state index is 13.4. The van der Waals surface area contributed by atoms with E-state index in [-0.39, 0.29) is 17.3 Å². The van der Waals surface area contributed by atoms with Crippen molar-refractivity contribution in [3.8, 4) is 0 Å². The van der Waals surface area contributed by atoms with Gasteiger partial charge in [0, 0.05) is 0 Å². The average Bonchev–Trinajstić information content (AvgIpc) is 2.83. The molecule has 4 aromatic rings. The van der Waals surface area contributed by atoms with Gasteiger partial charge in [0.05, 0.1) is 27.5 Å². The van der Waals surface area contributed by atoms with Crippen molar-refractivity contribution in [2.24, 2.45) is 0 Å². The second-order valence-corrected chi connectivity index (χ2v) is 6.96. The van der Waals surface area contributed by atoms with E-state index in [0.29, 0.717) is 11.4 Å². The largest absolute Gasteiger partial charge is 0.418 e. The van der Waals surface area contributed by atoms with Gasteiger partial charge in [-0.15, -0.1) is 0 Å². The minimum atomic E-state index is -4.66. The first-order valence-corrected chi connectivity index (χ1v) is 9.94. The molecule has 172 valence electrons. The van der Waals surface area contributed by atoms with E-state index in [1.807, 2.05) is 12.1 Å². The van der Waals surface area contributed by atoms with Crippen LogP contribution in [0.15, 0.2) is 91.3 Å². The number of benzene rings is 3. The molecule has 0 aliphatic heterocycles. The van der Waals surface area contributed by atoms with Crippen LogP contribution in [0.1, 0.15) is 5.56 Å². The number of halogens is 3. The quantitative estimate of drug-likeness (QED) is 0.243. The van der Waals surface area contributed by atoms with Crippen LogP contribution in [-0.2, 0) is 6.18 Å². The van der Waals surface area contributed by atoms with E-state index in [2.05, 4.69) is 20.7 Å². The fourth-order valence-corrected chi connectivity index (χ4v) is 3.23. The fraction of sp³-hybridized carbons (Fsp3) is 0.0435. The van der Waals surface area contributed by atoms with Crippen LogP contribution in [0.4, 0.5) is 47.6 Å². The van der Waals surface area contributed by atoms with Crippen molar-refractivity contribution in [3.63, 3.8) is 0 Å². The van der Waals surface area contributed by atoms with E-state index in [1.165, 1.54) is 18.2 Å². The minimum absolute atomic E-state index is 0.209. The third kappa shape index (κ3) is 4.88. The second-order valence-electron chi connectivity index (χ2n) is 6.96. The lowest BCUT2D eigenvalue weighted by Gasteiger charge is -2.26. The number of aromatic nitrogens is 2. The summed E-state index contributed by atoms with van der Waals surface area (Å²) in [6.45, 7) is 0. The van der Waals surface area contributed by atoms with Crippen molar-refractivity contribution in [2.75, 3.05) is 15.8 Å². The average molecular weight is 466 g/mol. The highest BCUT2D eigenvalue weighted by Gasteiger charge is 2.34. The molecular formula is C23H17F3N6O2. The summed E-state index contributed by atoms with van der Waals surface area (Å²) in [4.78, 5) is 19.1. The molecule has 0 fully saturated rings. The Balaban J connectivity index is 1.77. The Morgan fingerprint density at radius 1 is 0.794 bits per heavy atom. The molecule has 1 heterocycles. The van der Waals surface area contributed by atoms with Crippen LogP contribution in [0.3, 0.4) is 0 Å². The molecule has 0 saturated carbocycles. The Kier molecular flexibility index (Phi) is 6.26. The topological polar surface area (TPSA) is 96.2 Å². The Morgan fingerprint density at radius 3 is 1.88 bits per heavy atom. The van der Waals surface area contributed by atoms with Crippen LogP contribution < -0.4 is 15.8 Å². The second kappa shape index (κ2) is 9.45. The van der Waals surface area contributed by atoms with E-state index < -0.39 is 22.4 Å². The van der Waals surface area contributed by atoms with E-state index in [0.717, 1.165) is 12.4 Å². The molecule has 0 bridgehead atoms. The molecule has 1 aromatic heterocycles. The summed E-state index contributed by atoms with van der Waals surface area (Å²) in [6, 6.07) is 22.6. The number of hydrogen-bond acceptors (Lipinski definition) is 7. The molecule has 0 radical (unpaired) electrons. The molecule has 34 heavy (non-hydrogen) atoms. The van der Waals surface area contributed by atoms with Gasteiger partial charge in [-0.05, 0) is 36.4 Å². The Morgan fingerprint density at radius 2 is 1.32 bits per heavy atom. The maximum Gasteiger partial charge on any atom is 0.418 e. The number of nitrogens with zero attached hydrogens (tertiary/aromatic N) is 4. The molecule has 0 unspecified atom stereocenters. The number of alkyl halides is 3. The highest BCUT2D eigenvalue weighted by molar-refractivity contribution is 5.78. The lowest BCUT2D eigenvalue weighted by Crippen LogP contribution is -2.26. The lowest BCUT2D eigenvalue weighted by molar-refractivity contribution is -0.383. The van der Waals surface area contributed by atoms with Crippen LogP contribution in [0.5, 0.6) is 0 Å². The third-order valence-corrected chi connectivity index (χ3v) is 4.74. The normalized spacial score (nSPS) is 11.0. The lowest BCUT2D eigenvalue weighted by atomic mass is 10.1. The molecule has 3 aromatic carbocycles. The Labute approximate surface area is 191 Å². The molecule has 0 atom stereocenters. The fourth-order valence-electron chi connectivity index (χ4n) is 3.23. The summed E-state index contributed by atoms with van der Waals surface area (Å²) in [5.74, 6) is -0.597. The van der Waals surface area contributed by atoms with E-state index in [1.54, 1.807) is 53.5 Å². The van der Waals surface area contributed by atoms with Gasteiger partial charge in [0.2, 0.25) is 11.6 Å². The smallest absolute Gasteiger partial charge is 0.334 e. The van der Waals surface area contributed by atoms with Gasteiger partial charge in [0.15, 0.2) is 0 Å². The molecule has 2 N–H and O–H groups in total. The molecule has 0 spiro atoms. The number of nitrogens with one attached hydrogen (secondary N) is 2. The van der Waals surface area contributed by atoms with Crippen LogP contribution in [-0.4, -0.2) is 14.9 Å². The van der Waals surface area contributed by atoms with Crippen molar-refractivity contribution >= 4 is 34.4 Å². The zero-order chi connectivity index (χ0) is 24.1. The molecule has 11 heteroatoms. The van der Waals surface area contributed by atoms with Gasteiger partial charge in [-0.1, -0.05) is 48.5 Å². The van der Waals surface area contributed by atoms with Gasteiger partial charge < -0.3 is 5.32 Å². The number of anilines is 5. The maximum atomic E-state index is 13.4. The summed E-state index contributed by atoms with van der Waals surface area (Å²) in [7, 11) is 0. The number of nitro groups is 1. The SMILES string of the molecule is O=[N+]([O-])c1c(Nc2ccccc2C(F)(F)F)ncnc1NN(c1ccccc1)c1ccccc1. The first-order chi connectivity index (χ1) is 16.3. The monoisotopic (exact) mass is 466 g/mol. The van der Waals surface area contributed by atoms with Gasteiger partial charge in [-0.2, -0.15) is 13.2 Å². The molecule has 4 rings (SSSR count). The van der Waals surface area contributed by atoms with E-state index in [4.69, 9.17) is 0 Å². The van der Waals surface area contributed by atoms with E-state index in [9.17, 15) is 23.3 Å². The van der Waals surface area contributed by atoms with Gasteiger partial charge in [-0.3, -0.25) is 20.5 Å². The Hall–Kier alpha value is -4.67. The highest BCUT2D eigenvalue weighted by atomic mass is 19.4. The number of para-hydroxylation sites is 3. The van der Waals surface area contributed by atoms with Crippen LogP contribution in [0, 0.1) is 10.1 Å². The molecule has 0 aliphatic carbocycles. The van der Waals surface area contributed by atoms with Gasteiger partial charge in [-0.25, -0.2) is 9.97 Å². The standard InChI is InChI=1S/C23H17F3N6O2/c24-23(25,26)18-13-7-8-14-19(18)29-21-20(32(33)34)22(28-15-27-21)30-31(16-9-3-1-4-10-16)17-11-5-2-6-12-17/h1-15H,(H2,27,28,29,30). The van der Waals surface area contributed by atoms with Crippen LogP contribution in [0.2, 0.25) is 0 Å². The molecule has 8 nitrogen and oxygen atoms in total. The number of rotatable bonds is 7. The van der Waals surface area contributed by atoms with Gasteiger partial charge in [0.25, 0.3) is 0 Å². The predicted octanol–water partition coefficient (Wildman–Crippen LogP) is 6.31. The first-order valence-electron chi connectivity index (χ1n) is 9.94. The summed E-state index contributed by atoms with van der Waals surface area (Å²) in [5, 5.41) is 16.0. The highest BCUT2D eigenvalue weighted by Crippen LogP contribution is 2.38. The van der Waals surface area contributed by atoms with Crippen molar-refractivity contribution in [3.05, 3.63) is 107 Å². The summed E-state index contributed by atoms with van der Waals surface area (Å²) >= 11 is 0. The molecule has 0 aliphatic rings. The molecule has 0 amide bonds. The predicted molar refractivity (Wildman–Crippen MR) is 122 cm³/mol.